The van der Waals surface area contributed by atoms with Crippen molar-refractivity contribution in [3.05, 3.63) is 65.7 Å². The molecule has 1 aliphatic rings. The van der Waals surface area contributed by atoms with Crippen molar-refractivity contribution in [3.8, 4) is 5.75 Å². The van der Waals surface area contributed by atoms with Gasteiger partial charge in [-0.05, 0) is 29.8 Å². The molecule has 1 aliphatic heterocycles. The Balaban J connectivity index is 1.53. The summed E-state index contributed by atoms with van der Waals surface area (Å²) in [5.74, 6) is 0.907. The van der Waals surface area contributed by atoms with Crippen LogP contribution in [0.2, 0.25) is 0 Å². The van der Waals surface area contributed by atoms with E-state index in [1.807, 2.05) is 64.4 Å². The van der Waals surface area contributed by atoms with E-state index in [1.165, 1.54) is 0 Å². The van der Waals surface area contributed by atoms with Gasteiger partial charge in [0.25, 0.3) is 5.91 Å². The lowest BCUT2D eigenvalue weighted by Gasteiger charge is -2.35. The summed E-state index contributed by atoms with van der Waals surface area (Å²) in [4.78, 5) is 28.5. The summed E-state index contributed by atoms with van der Waals surface area (Å²) < 4.78 is 5.13. The number of methoxy groups -OCH3 is 1. The Labute approximate surface area is 147 Å². The van der Waals surface area contributed by atoms with Crippen molar-refractivity contribution in [2.24, 2.45) is 0 Å². The van der Waals surface area contributed by atoms with E-state index in [0.29, 0.717) is 38.2 Å². The van der Waals surface area contributed by atoms with Gasteiger partial charge in [0.2, 0.25) is 5.91 Å². The highest BCUT2D eigenvalue weighted by Gasteiger charge is 2.24. The van der Waals surface area contributed by atoms with Crippen molar-refractivity contribution < 1.29 is 14.3 Å². The predicted octanol–water partition coefficient (Wildman–Crippen LogP) is 2.22. The van der Waals surface area contributed by atoms with Crippen LogP contribution in [0, 0.1) is 0 Å². The fourth-order valence-corrected chi connectivity index (χ4v) is 2.95. The number of hydrogen-bond donors (Lipinski definition) is 0. The maximum absolute atomic E-state index is 12.5. The lowest BCUT2D eigenvalue weighted by Crippen LogP contribution is -2.51. The molecule has 2 aromatic rings. The Morgan fingerprint density at radius 1 is 0.880 bits per heavy atom. The van der Waals surface area contributed by atoms with Gasteiger partial charge in [0, 0.05) is 31.7 Å². The van der Waals surface area contributed by atoms with Gasteiger partial charge in [0.1, 0.15) is 5.75 Å². The SMILES string of the molecule is COc1ccc(CC(=O)N2CCN(C(=O)c3ccccc3)CC2)cc1. The molecule has 0 atom stereocenters. The highest BCUT2D eigenvalue weighted by Crippen LogP contribution is 2.14. The third-order valence-corrected chi connectivity index (χ3v) is 4.45. The first-order valence-corrected chi connectivity index (χ1v) is 8.42. The van der Waals surface area contributed by atoms with Crippen LogP contribution >= 0.6 is 0 Å². The number of carbonyl (C=O) groups excluding carboxylic acids is 2. The zero-order chi connectivity index (χ0) is 17.6. The Kier molecular flexibility index (Phi) is 5.33. The first-order chi connectivity index (χ1) is 12.2. The van der Waals surface area contributed by atoms with Crippen molar-refractivity contribution in [2.45, 2.75) is 6.42 Å². The molecule has 3 rings (SSSR count). The van der Waals surface area contributed by atoms with Crippen LogP contribution in [0.3, 0.4) is 0 Å². The molecule has 0 unspecified atom stereocenters. The van der Waals surface area contributed by atoms with Gasteiger partial charge in [-0.3, -0.25) is 9.59 Å². The average Bonchev–Trinajstić information content (AvgIpc) is 2.69. The molecule has 1 fully saturated rings. The number of rotatable bonds is 4. The van der Waals surface area contributed by atoms with Gasteiger partial charge >= 0.3 is 0 Å². The van der Waals surface area contributed by atoms with Gasteiger partial charge in [0.05, 0.1) is 13.5 Å². The zero-order valence-electron chi connectivity index (χ0n) is 14.4. The lowest BCUT2D eigenvalue weighted by atomic mass is 10.1. The van der Waals surface area contributed by atoms with Gasteiger partial charge in [-0.25, -0.2) is 0 Å². The van der Waals surface area contributed by atoms with E-state index >= 15 is 0 Å². The molecule has 0 saturated carbocycles. The van der Waals surface area contributed by atoms with E-state index in [0.717, 1.165) is 11.3 Å². The van der Waals surface area contributed by atoms with Crippen molar-refractivity contribution in [2.75, 3.05) is 33.3 Å². The molecule has 5 heteroatoms. The number of carbonyl (C=O) groups is 2. The maximum Gasteiger partial charge on any atom is 0.253 e. The number of piperazine rings is 1. The summed E-state index contributed by atoms with van der Waals surface area (Å²) in [6.45, 7) is 2.30. The van der Waals surface area contributed by atoms with Gasteiger partial charge in [-0.1, -0.05) is 30.3 Å². The van der Waals surface area contributed by atoms with Crippen LogP contribution in [0.15, 0.2) is 54.6 Å². The second-order valence-corrected chi connectivity index (χ2v) is 6.06. The summed E-state index contributed by atoms with van der Waals surface area (Å²) in [6, 6.07) is 16.8. The van der Waals surface area contributed by atoms with Crippen molar-refractivity contribution in [3.63, 3.8) is 0 Å². The van der Waals surface area contributed by atoms with E-state index in [-0.39, 0.29) is 11.8 Å². The van der Waals surface area contributed by atoms with Crippen LogP contribution in [0.5, 0.6) is 5.75 Å². The summed E-state index contributed by atoms with van der Waals surface area (Å²) in [6.07, 6.45) is 0.372. The topological polar surface area (TPSA) is 49.9 Å². The number of amides is 2. The predicted molar refractivity (Wildman–Crippen MR) is 95.6 cm³/mol. The molecule has 2 aromatic carbocycles. The minimum atomic E-state index is 0.0304. The van der Waals surface area contributed by atoms with Gasteiger partial charge in [-0.2, -0.15) is 0 Å². The molecule has 5 nitrogen and oxygen atoms in total. The summed E-state index contributed by atoms with van der Waals surface area (Å²) in [5, 5.41) is 0. The fourth-order valence-electron chi connectivity index (χ4n) is 2.95. The number of nitrogens with zero attached hydrogens (tertiary/aromatic N) is 2. The quantitative estimate of drug-likeness (QED) is 0.859. The number of benzene rings is 2. The summed E-state index contributed by atoms with van der Waals surface area (Å²) in [5.41, 5.74) is 1.66. The van der Waals surface area contributed by atoms with E-state index in [9.17, 15) is 9.59 Å². The fraction of sp³-hybridized carbons (Fsp3) is 0.300. The Morgan fingerprint density at radius 3 is 2.08 bits per heavy atom. The van der Waals surface area contributed by atoms with E-state index in [4.69, 9.17) is 4.74 Å². The highest BCUT2D eigenvalue weighted by atomic mass is 16.5. The first-order valence-electron chi connectivity index (χ1n) is 8.42. The van der Waals surface area contributed by atoms with E-state index in [2.05, 4.69) is 0 Å². The van der Waals surface area contributed by atoms with E-state index < -0.39 is 0 Å². The molecule has 0 aromatic heterocycles. The standard InChI is InChI=1S/C20H22N2O3/c1-25-18-9-7-16(8-10-18)15-19(23)21-11-13-22(14-12-21)20(24)17-5-3-2-4-6-17/h2-10H,11-15H2,1H3. The molecule has 25 heavy (non-hydrogen) atoms. The van der Waals surface area contributed by atoms with Crippen molar-refractivity contribution in [1.29, 1.82) is 0 Å². The van der Waals surface area contributed by atoms with Crippen molar-refractivity contribution >= 4 is 11.8 Å². The van der Waals surface area contributed by atoms with Gasteiger partial charge in [0.15, 0.2) is 0 Å². The molecule has 2 amide bonds. The second kappa shape index (κ2) is 7.83. The van der Waals surface area contributed by atoms with Crippen LogP contribution < -0.4 is 4.74 Å². The number of hydrogen-bond acceptors (Lipinski definition) is 3. The minimum absolute atomic E-state index is 0.0304. The van der Waals surface area contributed by atoms with E-state index in [1.54, 1.807) is 7.11 Å². The molecule has 1 heterocycles. The van der Waals surface area contributed by atoms with Crippen molar-refractivity contribution in [1.82, 2.24) is 9.80 Å². The van der Waals surface area contributed by atoms with Crippen LogP contribution in [0.1, 0.15) is 15.9 Å². The molecular weight excluding hydrogens is 316 g/mol. The Morgan fingerprint density at radius 2 is 1.48 bits per heavy atom. The summed E-state index contributed by atoms with van der Waals surface area (Å²) >= 11 is 0. The van der Waals surface area contributed by atoms with Crippen LogP contribution in [-0.2, 0) is 11.2 Å². The molecule has 1 saturated heterocycles. The first kappa shape index (κ1) is 17.0. The third kappa shape index (κ3) is 4.18. The molecule has 0 aliphatic carbocycles. The van der Waals surface area contributed by atoms with Gasteiger partial charge in [-0.15, -0.1) is 0 Å². The Bertz CT molecular complexity index is 720. The van der Waals surface area contributed by atoms with Gasteiger partial charge < -0.3 is 14.5 Å². The number of ether oxygens (including phenoxy) is 1. The smallest absolute Gasteiger partial charge is 0.253 e. The average molecular weight is 338 g/mol. The lowest BCUT2D eigenvalue weighted by molar-refractivity contribution is -0.131. The Hall–Kier alpha value is -2.82. The zero-order valence-corrected chi connectivity index (χ0v) is 14.4. The minimum Gasteiger partial charge on any atom is -0.497 e. The normalized spacial score (nSPS) is 14.3. The molecular formula is C20H22N2O3. The van der Waals surface area contributed by atoms with Crippen LogP contribution in [0.25, 0.3) is 0 Å². The maximum atomic E-state index is 12.5. The molecule has 0 N–H and O–H groups in total. The molecule has 130 valence electrons. The second-order valence-electron chi connectivity index (χ2n) is 6.06. The monoisotopic (exact) mass is 338 g/mol. The van der Waals surface area contributed by atoms with Crippen LogP contribution in [0.4, 0.5) is 0 Å². The molecule has 0 radical (unpaired) electrons. The highest BCUT2D eigenvalue weighted by molar-refractivity contribution is 5.94. The molecule has 0 spiro atoms. The molecule has 0 bridgehead atoms. The van der Waals surface area contributed by atoms with Crippen LogP contribution in [-0.4, -0.2) is 54.9 Å². The summed E-state index contributed by atoms with van der Waals surface area (Å²) in [7, 11) is 1.62. The largest absolute Gasteiger partial charge is 0.497 e. The third-order valence-electron chi connectivity index (χ3n) is 4.45.